The lowest BCUT2D eigenvalue weighted by Gasteiger charge is -2.30. The molecule has 0 spiro atoms. The SMILES string of the molecule is CC1CCCN(S(=O)(=O)c2ccc(NC(=O)c3ccoc3)cc2)C1. The normalized spacial score (nSPS) is 19.1. The number of benzene rings is 1. The monoisotopic (exact) mass is 348 g/mol. The molecule has 1 atom stereocenters. The highest BCUT2D eigenvalue weighted by atomic mass is 32.2. The molecule has 1 N–H and O–H groups in total. The van der Waals surface area contributed by atoms with Crippen molar-refractivity contribution in [3.8, 4) is 0 Å². The number of rotatable bonds is 4. The van der Waals surface area contributed by atoms with Gasteiger partial charge in [0.15, 0.2) is 0 Å². The van der Waals surface area contributed by atoms with Gasteiger partial charge in [-0.1, -0.05) is 6.92 Å². The quantitative estimate of drug-likeness (QED) is 0.921. The molecule has 1 aliphatic rings. The van der Waals surface area contributed by atoms with Gasteiger partial charge in [-0.15, -0.1) is 0 Å². The van der Waals surface area contributed by atoms with Crippen molar-refractivity contribution in [3.63, 3.8) is 0 Å². The van der Waals surface area contributed by atoms with E-state index in [2.05, 4.69) is 12.2 Å². The third kappa shape index (κ3) is 3.52. The number of hydrogen-bond acceptors (Lipinski definition) is 4. The zero-order valence-corrected chi connectivity index (χ0v) is 14.3. The third-order valence-corrected chi connectivity index (χ3v) is 6.03. The Morgan fingerprint density at radius 2 is 2.00 bits per heavy atom. The maximum atomic E-state index is 12.7. The predicted molar refractivity (Wildman–Crippen MR) is 90.3 cm³/mol. The molecule has 2 aromatic rings. The minimum atomic E-state index is -3.48. The number of anilines is 1. The van der Waals surface area contributed by atoms with Crippen LogP contribution in [0.15, 0.2) is 52.2 Å². The molecule has 1 saturated heterocycles. The molecule has 3 rings (SSSR count). The van der Waals surface area contributed by atoms with E-state index in [0.717, 1.165) is 12.8 Å². The van der Waals surface area contributed by atoms with Crippen molar-refractivity contribution in [2.24, 2.45) is 5.92 Å². The molecule has 0 saturated carbocycles. The first-order valence-corrected chi connectivity index (χ1v) is 9.34. The van der Waals surface area contributed by atoms with E-state index in [0.29, 0.717) is 30.3 Å². The molecule has 2 heterocycles. The number of piperidine rings is 1. The summed E-state index contributed by atoms with van der Waals surface area (Å²) >= 11 is 0. The van der Waals surface area contributed by atoms with Crippen LogP contribution in [0.5, 0.6) is 0 Å². The molecule has 0 bridgehead atoms. The second kappa shape index (κ2) is 6.78. The summed E-state index contributed by atoms with van der Waals surface area (Å²) in [5.74, 6) is 0.0752. The van der Waals surface area contributed by atoms with E-state index >= 15 is 0 Å². The van der Waals surface area contributed by atoms with Crippen molar-refractivity contribution in [2.75, 3.05) is 18.4 Å². The topological polar surface area (TPSA) is 79.6 Å². The van der Waals surface area contributed by atoms with E-state index < -0.39 is 10.0 Å². The standard InChI is InChI=1S/C17H20N2O4S/c1-13-3-2-9-19(11-13)24(21,22)16-6-4-15(5-7-16)18-17(20)14-8-10-23-12-14/h4-8,10,12-13H,2-3,9,11H2,1H3,(H,18,20). The van der Waals surface area contributed by atoms with Gasteiger partial charge >= 0.3 is 0 Å². The van der Waals surface area contributed by atoms with E-state index in [9.17, 15) is 13.2 Å². The zero-order chi connectivity index (χ0) is 17.2. The summed E-state index contributed by atoms with van der Waals surface area (Å²) in [4.78, 5) is 12.2. The highest BCUT2D eigenvalue weighted by Gasteiger charge is 2.28. The van der Waals surface area contributed by atoms with Gasteiger partial charge in [-0.2, -0.15) is 4.31 Å². The van der Waals surface area contributed by atoms with E-state index in [1.807, 2.05) is 0 Å². The van der Waals surface area contributed by atoms with Crippen LogP contribution in [0.1, 0.15) is 30.1 Å². The number of carbonyl (C=O) groups is 1. The summed E-state index contributed by atoms with van der Waals surface area (Å²) in [6.45, 7) is 3.18. The molecule has 7 heteroatoms. The highest BCUT2D eigenvalue weighted by Crippen LogP contribution is 2.24. The van der Waals surface area contributed by atoms with Crippen molar-refractivity contribution in [1.82, 2.24) is 4.31 Å². The Bertz CT molecular complexity index is 798. The van der Waals surface area contributed by atoms with Crippen LogP contribution in [0.3, 0.4) is 0 Å². The fraction of sp³-hybridized carbons (Fsp3) is 0.353. The van der Waals surface area contributed by atoms with Gasteiger partial charge < -0.3 is 9.73 Å². The maximum absolute atomic E-state index is 12.7. The minimum absolute atomic E-state index is 0.248. The first-order valence-electron chi connectivity index (χ1n) is 7.90. The molecule has 1 fully saturated rings. The Labute approximate surface area is 141 Å². The van der Waals surface area contributed by atoms with E-state index in [1.165, 1.54) is 24.7 Å². The number of sulfonamides is 1. The first kappa shape index (κ1) is 16.7. The summed E-state index contributed by atoms with van der Waals surface area (Å²) < 4.78 is 31.8. The van der Waals surface area contributed by atoms with Crippen molar-refractivity contribution >= 4 is 21.6 Å². The van der Waals surface area contributed by atoms with E-state index in [4.69, 9.17) is 4.42 Å². The molecule has 0 radical (unpaired) electrons. The summed E-state index contributed by atoms with van der Waals surface area (Å²) in [5.41, 5.74) is 0.946. The molecule has 0 aliphatic carbocycles. The summed E-state index contributed by atoms with van der Waals surface area (Å²) in [5, 5.41) is 2.70. The van der Waals surface area contributed by atoms with Crippen LogP contribution in [0, 0.1) is 5.92 Å². The van der Waals surface area contributed by atoms with Gasteiger partial charge in [0, 0.05) is 18.8 Å². The van der Waals surface area contributed by atoms with Crippen LogP contribution < -0.4 is 5.32 Å². The van der Waals surface area contributed by atoms with Crippen LogP contribution in [0.25, 0.3) is 0 Å². The van der Waals surface area contributed by atoms with Crippen LogP contribution in [-0.2, 0) is 10.0 Å². The zero-order valence-electron chi connectivity index (χ0n) is 13.4. The number of carbonyl (C=O) groups excluding carboxylic acids is 1. The maximum Gasteiger partial charge on any atom is 0.258 e. The smallest absolute Gasteiger partial charge is 0.258 e. The van der Waals surface area contributed by atoms with Gasteiger partial charge in [0.25, 0.3) is 5.91 Å². The number of amides is 1. The molecule has 1 unspecified atom stereocenters. The predicted octanol–water partition coefficient (Wildman–Crippen LogP) is 2.95. The second-order valence-electron chi connectivity index (χ2n) is 6.10. The molecular weight excluding hydrogens is 328 g/mol. The molecule has 6 nitrogen and oxygen atoms in total. The van der Waals surface area contributed by atoms with Crippen LogP contribution in [-0.4, -0.2) is 31.7 Å². The fourth-order valence-corrected chi connectivity index (χ4v) is 4.42. The fourth-order valence-electron chi connectivity index (χ4n) is 2.82. The molecule has 128 valence electrons. The number of nitrogens with one attached hydrogen (secondary N) is 1. The summed E-state index contributed by atoms with van der Waals surface area (Å²) in [7, 11) is -3.48. The number of nitrogens with zero attached hydrogens (tertiary/aromatic N) is 1. The Balaban J connectivity index is 1.73. The van der Waals surface area contributed by atoms with Gasteiger partial charge in [0.05, 0.1) is 16.7 Å². The van der Waals surface area contributed by atoms with Crippen molar-refractivity contribution in [2.45, 2.75) is 24.7 Å². The average Bonchev–Trinajstić information content (AvgIpc) is 3.10. The van der Waals surface area contributed by atoms with Crippen molar-refractivity contribution in [1.29, 1.82) is 0 Å². The number of furan rings is 1. The van der Waals surface area contributed by atoms with Gasteiger partial charge in [0.2, 0.25) is 10.0 Å². The Kier molecular flexibility index (Phi) is 4.73. The highest BCUT2D eigenvalue weighted by molar-refractivity contribution is 7.89. The van der Waals surface area contributed by atoms with Crippen molar-refractivity contribution < 1.29 is 17.6 Å². The molecule has 1 amide bonds. The molecular formula is C17H20N2O4S. The third-order valence-electron chi connectivity index (χ3n) is 4.15. The van der Waals surface area contributed by atoms with Crippen LogP contribution >= 0.6 is 0 Å². The van der Waals surface area contributed by atoms with Crippen LogP contribution in [0.2, 0.25) is 0 Å². The molecule has 1 aromatic carbocycles. The largest absolute Gasteiger partial charge is 0.472 e. The van der Waals surface area contributed by atoms with Crippen LogP contribution in [0.4, 0.5) is 5.69 Å². The van der Waals surface area contributed by atoms with E-state index in [1.54, 1.807) is 22.5 Å². The second-order valence-corrected chi connectivity index (χ2v) is 8.04. The lowest BCUT2D eigenvalue weighted by Crippen LogP contribution is -2.39. The molecule has 1 aromatic heterocycles. The Hall–Kier alpha value is -2.12. The summed E-state index contributed by atoms with van der Waals surface area (Å²) in [6, 6.07) is 7.81. The van der Waals surface area contributed by atoms with E-state index in [-0.39, 0.29) is 10.8 Å². The Morgan fingerprint density at radius 1 is 1.25 bits per heavy atom. The Morgan fingerprint density at radius 3 is 2.62 bits per heavy atom. The lowest BCUT2D eigenvalue weighted by atomic mass is 10.0. The number of hydrogen-bond donors (Lipinski definition) is 1. The van der Waals surface area contributed by atoms with Gasteiger partial charge in [0.1, 0.15) is 6.26 Å². The summed E-state index contributed by atoms with van der Waals surface area (Å²) in [6.07, 6.45) is 4.72. The minimum Gasteiger partial charge on any atom is -0.472 e. The van der Waals surface area contributed by atoms with Crippen molar-refractivity contribution in [3.05, 3.63) is 48.4 Å². The van der Waals surface area contributed by atoms with Gasteiger partial charge in [-0.3, -0.25) is 4.79 Å². The van der Waals surface area contributed by atoms with Gasteiger partial charge in [-0.05, 0) is 49.1 Å². The molecule has 24 heavy (non-hydrogen) atoms. The lowest BCUT2D eigenvalue weighted by molar-refractivity contribution is 0.102. The first-order chi connectivity index (χ1) is 11.5. The molecule has 1 aliphatic heterocycles. The van der Waals surface area contributed by atoms with Gasteiger partial charge in [-0.25, -0.2) is 8.42 Å². The average molecular weight is 348 g/mol.